The summed E-state index contributed by atoms with van der Waals surface area (Å²) < 4.78 is 0. The van der Waals surface area contributed by atoms with Crippen LogP contribution in [0.3, 0.4) is 0 Å². The summed E-state index contributed by atoms with van der Waals surface area (Å²) in [6, 6.07) is 8.64. The third-order valence-corrected chi connectivity index (χ3v) is 4.31. The van der Waals surface area contributed by atoms with Crippen LogP contribution >= 0.6 is 0 Å². The summed E-state index contributed by atoms with van der Waals surface area (Å²) in [7, 11) is 2.16. The number of hydrogen-bond donors (Lipinski definition) is 1. The van der Waals surface area contributed by atoms with Crippen LogP contribution in [0.25, 0.3) is 0 Å². The third kappa shape index (κ3) is 3.58. The van der Waals surface area contributed by atoms with E-state index in [1.54, 1.807) is 0 Å². The van der Waals surface area contributed by atoms with Gasteiger partial charge in [-0.3, -0.25) is 0 Å². The molecule has 1 aromatic carbocycles. The quantitative estimate of drug-likeness (QED) is 0.840. The Labute approximate surface area is 117 Å². The van der Waals surface area contributed by atoms with Gasteiger partial charge in [-0.05, 0) is 56.3 Å². The maximum absolute atomic E-state index is 10.7. The van der Waals surface area contributed by atoms with Crippen molar-refractivity contribution in [1.29, 1.82) is 0 Å². The van der Waals surface area contributed by atoms with Gasteiger partial charge in [-0.2, -0.15) is 0 Å². The number of aliphatic hydroxyl groups excluding tert-OH is 1. The Bertz CT molecular complexity index is 402. The first kappa shape index (κ1) is 14.5. The lowest BCUT2D eigenvalue weighted by Gasteiger charge is -2.31. The normalized spacial score (nSPS) is 23.5. The van der Waals surface area contributed by atoms with Crippen molar-refractivity contribution in [2.75, 3.05) is 13.6 Å². The number of aliphatic hydroxyl groups is 1. The van der Waals surface area contributed by atoms with Crippen LogP contribution < -0.4 is 0 Å². The minimum atomic E-state index is -0.337. The zero-order chi connectivity index (χ0) is 13.8. The van der Waals surface area contributed by atoms with E-state index in [4.69, 9.17) is 0 Å². The Hall–Kier alpha value is -0.860. The fourth-order valence-corrected chi connectivity index (χ4v) is 3.01. The molecule has 0 saturated heterocycles. The van der Waals surface area contributed by atoms with Gasteiger partial charge < -0.3 is 10.0 Å². The van der Waals surface area contributed by atoms with E-state index in [0.29, 0.717) is 0 Å². The SMILES string of the molecule is CC(C)CCN(C)C1CCCc2ccccc2C1O. The van der Waals surface area contributed by atoms with E-state index in [9.17, 15) is 5.11 Å². The fraction of sp³-hybridized carbons (Fsp3) is 0.647. The molecule has 0 fully saturated rings. The Morgan fingerprint density at radius 2 is 2.05 bits per heavy atom. The zero-order valence-corrected chi connectivity index (χ0v) is 12.5. The van der Waals surface area contributed by atoms with Gasteiger partial charge in [0.15, 0.2) is 0 Å². The van der Waals surface area contributed by atoms with E-state index in [1.807, 2.05) is 6.07 Å². The molecule has 0 spiro atoms. The summed E-state index contributed by atoms with van der Waals surface area (Å²) in [4.78, 5) is 2.35. The number of nitrogens with zero attached hydrogens (tertiary/aromatic N) is 1. The molecule has 2 rings (SSSR count). The average Bonchev–Trinajstić information content (AvgIpc) is 2.56. The first-order valence-corrected chi connectivity index (χ1v) is 7.55. The second-order valence-corrected chi connectivity index (χ2v) is 6.27. The lowest BCUT2D eigenvalue weighted by molar-refractivity contribution is 0.0570. The predicted octanol–water partition coefficient (Wildman–Crippen LogP) is 3.40. The van der Waals surface area contributed by atoms with Crippen LogP contribution in [0.1, 0.15) is 50.3 Å². The van der Waals surface area contributed by atoms with Crippen LogP contribution in [-0.4, -0.2) is 29.6 Å². The van der Waals surface area contributed by atoms with Crippen LogP contribution in [0.5, 0.6) is 0 Å². The van der Waals surface area contributed by atoms with Crippen LogP contribution in [0, 0.1) is 5.92 Å². The van der Waals surface area contributed by atoms with Gasteiger partial charge in [-0.15, -0.1) is 0 Å². The summed E-state index contributed by atoms with van der Waals surface area (Å²) in [5.74, 6) is 0.720. The van der Waals surface area contributed by atoms with E-state index in [-0.39, 0.29) is 12.1 Å². The molecule has 0 radical (unpaired) electrons. The van der Waals surface area contributed by atoms with E-state index in [1.165, 1.54) is 18.4 Å². The lowest BCUT2D eigenvalue weighted by atomic mass is 9.97. The van der Waals surface area contributed by atoms with Crippen LogP contribution in [0.15, 0.2) is 24.3 Å². The molecule has 1 N–H and O–H groups in total. The molecule has 19 heavy (non-hydrogen) atoms. The van der Waals surface area contributed by atoms with Crippen LogP contribution in [0.4, 0.5) is 0 Å². The van der Waals surface area contributed by atoms with Gasteiger partial charge in [0, 0.05) is 6.04 Å². The molecule has 2 unspecified atom stereocenters. The third-order valence-electron chi connectivity index (χ3n) is 4.31. The predicted molar refractivity (Wildman–Crippen MR) is 80.2 cm³/mol. The molecule has 2 heteroatoms. The minimum Gasteiger partial charge on any atom is -0.387 e. The van der Waals surface area contributed by atoms with Crippen molar-refractivity contribution in [1.82, 2.24) is 4.90 Å². The highest BCUT2D eigenvalue weighted by molar-refractivity contribution is 5.31. The smallest absolute Gasteiger partial charge is 0.0947 e. The van der Waals surface area contributed by atoms with E-state index < -0.39 is 0 Å². The van der Waals surface area contributed by atoms with Crippen molar-refractivity contribution in [3.63, 3.8) is 0 Å². The van der Waals surface area contributed by atoms with Gasteiger partial charge in [0.05, 0.1) is 6.10 Å². The van der Waals surface area contributed by atoms with Crippen molar-refractivity contribution < 1.29 is 5.11 Å². The molecule has 0 heterocycles. The first-order valence-electron chi connectivity index (χ1n) is 7.55. The number of aryl methyl sites for hydroxylation is 1. The standard InChI is InChI=1S/C17H27NO/c1-13(2)11-12-18(3)16-10-6-8-14-7-4-5-9-15(14)17(16)19/h4-5,7,9,13,16-17,19H,6,8,10-12H2,1-3H3. The number of benzene rings is 1. The van der Waals surface area contributed by atoms with Gasteiger partial charge in [0.2, 0.25) is 0 Å². The molecule has 1 aliphatic carbocycles. The van der Waals surface area contributed by atoms with Crippen LogP contribution in [0.2, 0.25) is 0 Å². The number of hydrogen-bond acceptors (Lipinski definition) is 2. The zero-order valence-electron chi connectivity index (χ0n) is 12.5. The molecular formula is C17H27NO. The van der Waals surface area contributed by atoms with E-state index in [0.717, 1.165) is 30.9 Å². The molecule has 0 bridgehead atoms. The highest BCUT2D eigenvalue weighted by Crippen LogP contribution is 2.31. The second kappa shape index (κ2) is 6.53. The molecule has 2 nitrogen and oxygen atoms in total. The van der Waals surface area contributed by atoms with Crippen molar-refractivity contribution >= 4 is 0 Å². The molecule has 0 aliphatic heterocycles. The molecular weight excluding hydrogens is 234 g/mol. The fourth-order valence-electron chi connectivity index (χ4n) is 3.01. The number of rotatable bonds is 4. The summed E-state index contributed by atoms with van der Waals surface area (Å²) in [6.07, 6.45) is 4.22. The Morgan fingerprint density at radius 1 is 1.32 bits per heavy atom. The second-order valence-electron chi connectivity index (χ2n) is 6.27. The summed E-state index contributed by atoms with van der Waals surface area (Å²) in [5.41, 5.74) is 2.47. The van der Waals surface area contributed by atoms with Gasteiger partial charge in [-0.1, -0.05) is 38.1 Å². The van der Waals surface area contributed by atoms with Gasteiger partial charge >= 0.3 is 0 Å². The van der Waals surface area contributed by atoms with Gasteiger partial charge in [-0.25, -0.2) is 0 Å². The number of likely N-dealkylation sites (N-methyl/N-ethyl adjacent to an activating group) is 1. The van der Waals surface area contributed by atoms with Crippen LogP contribution in [-0.2, 0) is 6.42 Å². The Balaban J connectivity index is 2.10. The first-order chi connectivity index (χ1) is 9.09. The molecule has 2 atom stereocenters. The van der Waals surface area contributed by atoms with Crippen molar-refractivity contribution in [3.8, 4) is 0 Å². The monoisotopic (exact) mass is 261 g/mol. The Kier molecular flexibility index (Phi) is 5.00. The highest BCUT2D eigenvalue weighted by atomic mass is 16.3. The van der Waals surface area contributed by atoms with Crippen molar-refractivity contribution in [3.05, 3.63) is 35.4 Å². The molecule has 0 aromatic heterocycles. The van der Waals surface area contributed by atoms with E-state index >= 15 is 0 Å². The molecule has 1 aliphatic rings. The van der Waals surface area contributed by atoms with Crippen molar-refractivity contribution in [2.24, 2.45) is 5.92 Å². The van der Waals surface area contributed by atoms with Gasteiger partial charge in [0.1, 0.15) is 0 Å². The topological polar surface area (TPSA) is 23.5 Å². The van der Waals surface area contributed by atoms with Gasteiger partial charge in [0.25, 0.3) is 0 Å². The largest absolute Gasteiger partial charge is 0.387 e. The molecule has 1 aromatic rings. The molecule has 0 amide bonds. The summed E-state index contributed by atoms with van der Waals surface area (Å²) in [6.45, 7) is 5.58. The lowest BCUT2D eigenvalue weighted by Crippen LogP contribution is -2.37. The van der Waals surface area contributed by atoms with E-state index in [2.05, 4.69) is 44.0 Å². The summed E-state index contributed by atoms with van der Waals surface area (Å²) in [5, 5.41) is 10.7. The number of fused-ring (bicyclic) bond motifs is 1. The Morgan fingerprint density at radius 3 is 2.79 bits per heavy atom. The summed E-state index contributed by atoms with van der Waals surface area (Å²) >= 11 is 0. The molecule has 106 valence electrons. The maximum atomic E-state index is 10.7. The minimum absolute atomic E-state index is 0.266. The highest BCUT2D eigenvalue weighted by Gasteiger charge is 2.28. The molecule has 0 saturated carbocycles. The average molecular weight is 261 g/mol. The van der Waals surface area contributed by atoms with Crippen molar-refractivity contribution in [2.45, 2.75) is 51.7 Å². The maximum Gasteiger partial charge on any atom is 0.0947 e.